The smallest absolute Gasteiger partial charge is 0.118 e. The van der Waals surface area contributed by atoms with E-state index in [9.17, 15) is 5.11 Å². The minimum absolute atomic E-state index is 0.223. The molecule has 0 spiro atoms. The van der Waals surface area contributed by atoms with Crippen LogP contribution in [0, 0.1) is 12.8 Å². The van der Waals surface area contributed by atoms with Gasteiger partial charge in [0.1, 0.15) is 11.5 Å². The van der Waals surface area contributed by atoms with Crippen LogP contribution in [0.4, 0.5) is 0 Å². The predicted molar refractivity (Wildman–Crippen MR) is 76.3 cm³/mol. The molecule has 0 unspecified atom stereocenters. The summed E-state index contributed by atoms with van der Waals surface area (Å²) in [4.78, 5) is 6.42. The number of pyridine rings is 1. The van der Waals surface area contributed by atoms with Crippen LogP contribution in [-0.4, -0.2) is 34.7 Å². The van der Waals surface area contributed by atoms with Crippen LogP contribution in [-0.2, 0) is 6.54 Å². The van der Waals surface area contributed by atoms with E-state index in [1.54, 1.807) is 0 Å². The number of aryl methyl sites for hydroxylation is 1. The molecule has 1 fully saturated rings. The monoisotopic (exact) mass is 272 g/mol. The molecule has 0 aliphatic carbocycles. The number of likely N-dealkylation sites (tertiary alicyclic amines) is 1. The van der Waals surface area contributed by atoms with E-state index in [2.05, 4.69) is 9.88 Å². The lowest BCUT2D eigenvalue weighted by molar-refractivity contribution is 0.210. The van der Waals surface area contributed by atoms with Gasteiger partial charge < -0.3 is 9.52 Å². The molecule has 4 heteroatoms. The SMILES string of the molecule is Cc1ccc(CN2C[C@@H](CO)[C@H](c3ccncc3)C2)o1. The summed E-state index contributed by atoms with van der Waals surface area (Å²) in [6, 6.07) is 8.13. The van der Waals surface area contributed by atoms with Crippen molar-refractivity contribution < 1.29 is 9.52 Å². The Morgan fingerprint density at radius 3 is 2.70 bits per heavy atom. The second-order valence-electron chi connectivity index (χ2n) is 5.54. The molecule has 2 aromatic rings. The van der Waals surface area contributed by atoms with Gasteiger partial charge in [-0.15, -0.1) is 0 Å². The lowest BCUT2D eigenvalue weighted by Crippen LogP contribution is -2.20. The Balaban J connectivity index is 1.71. The minimum atomic E-state index is 0.223. The molecular formula is C16H20N2O2. The molecule has 0 aromatic carbocycles. The molecule has 0 radical (unpaired) electrons. The molecule has 2 atom stereocenters. The molecule has 1 saturated heterocycles. The van der Waals surface area contributed by atoms with Gasteiger partial charge in [-0.05, 0) is 36.8 Å². The van der Waals surface area contributed by atoms with Gasteiger partial charge in [0.15, 0.2) is 0 Å². The fourth-order valence-electron chi connectivity index (χ4n) is 3.05. The zero-order valence-electron chi connectivity index (χ0n) is 11.7. The molecule has 0 bridgehead atoms. The van der Waals surface area contributed by atoms with Crippen molar-refractivity contribution in [3.05, 3.63) is 53.7 Å². The van der Waals surface area contributed by atoms with Crippen LogP contribution in [0.15, 0.2) is 41.1 Å². The van der Waals surface area contributed by atoms with Crippen molar-refractivity contribution in [1.29, 1.82) is 0 Å². The maximum absolute atomic E-state index is 9.62. The van der Waals surface area contributed by atoms with Gasteiger partial charge in [-0.2, -0.15) is 0 Å². The number of aliphatic hydroxyl groups excluding tert-OH is 1. The first-order valence-corrected chi connectivity index (χ1v) is 7.04. The highest BCUT2D eigenvalue weighted by molar-refractivity contribution is 5.19. The van der Waals surface area contributed by atoms with Crippen molar-refractivity contribution in [2.45, 2.75) is 19.4 Å². The van der Waals surface area contributed by atoms with E-state index in [1.165, 1.54) is 5.56 Å². The van der Waals surface area contributed by atoms with Crippen molar-refractivity contribution in [3.8, 4) is 0 Å². The molecule has 0 amide bonds. The first-order chi connectivity index (χ1) is 9.76. The van der Waals surface area contributed by atoms with Gasteiger partial charge in [0, 0.05) is 43.9 Å². The summed E-state index contributed by atoms with van der Waals surface area (Å²) in [6.45, 7) is 4.86. The van der Waals surface area contributed by atoms with Crippen LogP contribution < -0.4 is 0 Å². The highest BCUT2D eigenvalue weighted by Crippen LogP contribution is 2.33. The number of furan rings is 1. The lowest BCUT2D eigenvalue weighted by Gasteiger charge is -2.16. The van der Waals surface area contributed by atoms with Crippen LogP contribution in [0.1, 0.15) is 23.0 Å². The first kappa shape index (κ1) is 13.3. The molecule has 1 aliphatic rings. The summed E-state index contributed by atoms with van der Waals surface area (Å²) < 4.78 is 5.64. The number of hydrogen-bond acceptors (Lipinski definition) is 4. The fraction of sp³-hybridized carbons (Fsp3) is 0.438. The van der Waals surface area contributed by atoms with Crippen LogP contribution in [0.25, 0.3) is 0 Å². The van der Waals surface area contributed by atoms with E-state index in [1.807, 2.05) is 43.6 Å². The lowest BCUT2D eigenvalue weighted by atomic mass is 9.90. The Morgan fingerprint density at radius 2 is 2.05 bits per heavy atom. The van der Waals surface area contributed by atoms with Gasteiger partial charge >= 0.3 is 0 Å². The largest absolute Gasteiger partial charge is 0.465 e. The third-order valence-corrected chi connectivity index (χ3v) is 4.06. The third-order valence-electron chi connectivity index (χ3n) is 4.06. The Hall–Kier alpha value is -1.65. The van der Waals surface area contributed by atoms with E-state index in [-0.39, 0.29) is 12.5 Å². The van der Waals surface area contributed by atoms with Gasteiger partial charge in [-0.1, -0.05) is 0 Å². The Bertz CT molecular complexity index is 553. The summed E-state index contributed by atoms with van der Waals surface area (Å²) in [7, 11) is 0. The van der Waals surface area contributed by atoms with Crippen molar-refractivity contribution in [2.24, 2.45) is 5.92 Å². The van der Waals surface area contributed by atoms with Gasteiger partial charge in [-0.25, -0.2) is 0 Å². The van der Waals surface area contributed by atoms with E-state index in [0.29, 0.717) is 5.92 Å². The first-order valence-electron chi connectivity index (χ1n) is 7.04. The molecule has 2 aromatic heterocycles. The molecule has 0 saturated carbocycles. The topological polar surface area (TPSA) is 49.5 Å². The number of hydrogen-bond donors (Lipinski definition) is 1. The van der Waals surface area contributed by atoms with Gasteiger partial charge in [0.05, 0.1) is 6.54 Å². The van der Waals surface area contributed by atoms with Crippen LogP contribution >= 0.6 is 0 Å². The zero-order valence-corrected chi connectivity index (χ0v) is 11.7. The quantitative estimate of drug-likeness (QED) is 0.927. The van der Waals surface area contributed by atoms with Crippen molar-refractivity contribution >= 4 is 0 Å². The second kappa shape index (κ2) is 5.77. The predicted octanol–water partition coefficient (Wildman–Crippen LogP) is 2.19. The molecule has 1 aliphatic heterocycles. The summed E-state index contributed by atoms with van der Waals surface area (Å²) >= 11 is 0. The van der Waals surface area contributed by atoms with Crippen molar-refractivity contribution in [1.82, 2.24) is 9.88 Å². The van der Waals surface area contributed by atoms with E-state index < -0.39 is 0 Å². The van der Waals surface area contributed by atoms with Crippen molar-refractivity contribution in [2.75, 3.05) is 19.7 Å². The maximum Gasteiger partial charge on any atom is 0.118 e. The van der Waals surface area contributed by atoms with Crippen molar-refractivity contribution in [3.63, 3.8) is 0 Å². The minimum Gasteiger partial charge on any atom is -0.465 e. The molecule has 4 nitrogen and oxygen atoms in total. The number of aliphatic hydroxyl groups is 1. The third kappa shape index (κ3) is 2.76. The molecule has 1 N–H and O–H groups in total. The summed E-state index contributed by atoms with van der Waals surface area (Å²) in [6.07, 6.45) is 3.64. The van der Waals surface area contributed by atoms with Crippen LogP contribution in [0.3, 0.4) is 0 Å². The van der Waals surface area contributed by atoms with Crippen LogP contribution in [0.5, 0.6) is 0 Å². The highest BCUT2D eigenvalue weighted by atomic mass is 16.3. The van der Waals surface area contributed by atoms with Gasteiger partial charge in [0.2, 0.25) is 0 Å². The second-order valence-corrected chi connectivity index (χ2v) is 5.54. The standard InChI is InChI=1S/C16H20N2O2/c1-12-2-3-15(20-12)9-18-8-14(11-19)16(10-18)13-4-6-17-7-5-13/h2-7,14,16,19H,8-11H2,1H3/t14-,16-/m0/s1. The average Bonchev–Trinajstić information content (AvgIpc) is 3.06. The average molecular weight is 272 g/mol. The van der Waals surface area contributed by atoms with Gasteiger partial charge in [0.25, 0.3) is 0 Å². The van der Waals surface area contributed by atoms with E-state index in [4.69, 9.17) is 4.42 Å². The molecule has 3 heterocycles. The molecule has 20 heavy (non-hydrogen) atoms. The summed E-state index contributed by atoms with van der Waals surface area (Å²) in [5.41, 5.74) is 1.26. The normalized spacial score (nSPS) is 23.3. The van der Waals surface area contributed by atoms with Gasteiger partial charge in [-0.3, -0.25) is 9.88 Å². The number of nitrogens with zero attached hydrogens (tertiary/aromatic N) is 2. The summed E-state index contributed by atoms with van der Waals surface area (Å²) in [5, 5.41) is 9.62. The Morgan fingerprint density at radius 1 is 1.25 bits per heavy atom. The fourth-order valence-corrected chi connectivity index (χ4v) is 3.05. The highest BCUT2D eigenvalue weighted by Gasteiger charge is 2.33. The van der Waals surface area contributed by atoms with E-state index in [0.717, 1.165) is 31.2 Å². The zero-order chi connectivity index (χ0) is 13.9. The number of aromatic nitrogens is 1. The number of rotatable bonds is 4. The molecule has 106 valence electrons. The Kier molecular flexibility index (Phi) is 3.85. The molecular weight excluding hydrogens is 252 g/mol. The summed E-state index contributed by atoms with van der Waals surface area (Å²) in [5.74, 6) is 2.60. The van der Waals surface area contributed by atoms with Crippen LogP contribution in [0.2, 0.25) is 0 Å². The maximum atomic E-state index is 9.62. The molecule has 3 rings (SSSR count). The Labute approximate surface area is 119 Å². The van der Waals surface area contributed by atoms with E-state index >= 15 is 0 Å².